The number of rotatable bonds is 4. The van der Waals surface area contributed by atoms with Crippen molar-refractivity contribution in [1.82, 2.24) is 9.88 Å². The zero-order valence-electron chi connectivity index (χ0n) is 11.2. The third-order valence-corrected chi connectivity index (χ3v) is 4.90. The van der Waals surface area contributed by atoms with Gasteiger partial charge < -0.3 is 9.88 Å². The largest absolute Gasteiger partial charge is 0.348 e. The Morgan fingerprint density at radius 1 is 1.25 bits per heavy atom. The van der Waals surface area contributed by atoms with Crippen molar-refractivity contribution in [3.05, 3.63) is 18.0 Å². The lowest BCUT2D eigenvalue weighted by Crippen LogP contribution is -2.28. The molecule has 0 saturated heterocycles. The average molecular weight is 297 g/mol. The third kappa shape index (κ3) is 2.73. The zero-order valence-corrected chi connectivity index (χ0v) is 12.0. The van der Waals surface area contributed by atoms with Crippen LogP contribution >= 0.6 is 0 Å². The number of carbonyl (C=O) groups is 1. The first-order valence-electron chi connectivity index (χ1n) is 7.00. The van der Waals surface area contributed by atoms with E-state index < -0.39 is 10.0 Å². The summed E-state index contributed by atoms with van der Waals surface area (Å²) in [5.41, 5.74) is 0.410. The molecule has 0 spiro atoms. The summed E-state index contributed by atoms with van der Waals surface area (Å²) in [4.78, 5) is 12.3. The zero-order chi connectivity index (χ0) is 14.3. The lowest BCUT2D eigenvalue weighted by Gasteiger charge is -2.15. The number of primary sulfonamides is 1. The number of nitrogens with one attached hydrogen (secondary N) is 1. The Bertz CT molecular complexity index is 625. The topological polar surface area (TPSA) is 94.2 Å². The number of sulfonamides is 1. The Labute approximate surface area is 118 Å². The fraction of sp³-hybridized carbons (Fsp3) is 0.615. The van der Waals surface area contributed by atoms with Crippen LogP contribution in [0.15, 0.2) is 17.2 Å². The van der Waals surface area contributed by atoms with Crippen LogP contribution in [0, 0.1) is 0 Å². The van der Waals surface area contributed by atoms with Gasteiger partial charge in [-0.1, -0.05) is 12.8 Å². The molecule has 1 aromatic heterocycles. The summed E-state index contributed by atoms with van der Waals surface area (Å²) in [5, 5.41) is 8.08. The van der Waals surface area contributed by atoms with Crippen LogP contribution in [0.2, 0.25) is 0 Å². The van der Waals surface area contributed by atoms with Crippen LogP contribution in [0.4, 0.5) is 0 Å². The molecule has 6 nitrogen and oxygen atoms in total. The van der Waals surface area contributed by atoms with Crippen molar-refractivity contribution in [3.63, 3.8) is 0 Å². The highest BCUT2D eigenvalue weighted by atomic mass is 32.2. The molecule has 2 aliphatic carbocycles. The maximum absolute atomic E-state index is 12.2. The molecule has 0 bridgehead atoms. The van der Waals surface area contributed by atoms with Crippen LogP contribution in [-0.4, -0.2) is 24.9 Å². The molecule has 110 valence electrons. The van der Waals surface area contributed by atoms with Crippen LogP contribution in [0.25, 0.3) is 0 Å². The summed E-state index contributed by atoms with van der Waals surface area (Å²) in [5.74, 6) is -0.200. The molecule has 20 heavy (non-hydrogen) atoms. The molecule has 0 radical (unpaired) electrons. The second kappa shape index (κ2) is 4.89. The van der Waals surface area contributed by atoms with Crippen LogP contribution in [0.1, 0.15) is 55.1 Å². The van der Waals surface area contributed by atoms with E-state index in [-0.39, 0.29) is 22.9 Å². The molecule has 0 atom stereocenters. The molecular formula is C13H19N3O3S. The summed E-state index contributed by atoms with van der Waals surface area (Å²) in [7, 11) is -3.78. The van der Waals surface area contributed by atoms with E-state index in [1.54, 1.807) is 4.57 Å². The van der Waals surface area contributed by atoms with Crippen LogP contribution in [0.3, 0.4) is 0 Å². The molecule has 7 heteroatoms. The molecule has 2 aliphatic rings. The van der Waals surface area contributed by atoms with Gasteiger partial charge in [-0.05, 0) is 31.7 Å². The van der Waals surface area contributed by atoms with Gasteiger partial charge >= 0.3 is 0 Å². The van der Waals surface area contributed by atoms with Crippen molar-refractivity contribution in [1.29, 1.82) is 0 Å². The maximum atomic E-state index is 12.2. The van der Waals surface area contributed by atoms with Gasteiger partial charge in [-0.3, -0.25) is 4.79 Å². The Morgan fingerprint density at radius 3 is 2.45 bits per heavy atom. The van der Waals surface area contributed by atoms with Gasteiger partial charge in [-0.25, -0.2) is 13.6 Å². The van der Waals surface area contributed by atoms with Crippen LogP contribution < -0.4 is 10.5 Å². The second-order valence-corrected chi connectivity index (χ2v) is 7.26. The number of hydrogen-bond donors (Lipinski definition) is 2. The molecule has 1 heterocycles. The number of nitrogens with zero attached hydrogens (tertiary/aromatic N) is 1. The van der Waals surface area contributed by atoms with Gasteiger partial charge in [0.25, 0.3) is 5.91 Å². The van der Waals surface area contributed by atoms with E-state index in [9.17, 15) is 13.2 Å². The fourth-order valence-electron chi connectivity index (χ4n) is 2.76. The second-order valence-electron chi connectivity index (χ2n) is 5.70. The van der Waals surface area contributed by atoms with Crippen molar-refractivity contribution in [2.24, 2.45) is 5.14 Å². The van der Waals surface area contributed by atoms with Gasteiger partial charge in [0.05, 0.1) is 0 Å². The van der Waals surface area contributed by atoms with Gasteiger partial charge in [-0.2, -0.15) is 0 Å². The Hall–Kier alpha value is -1.34. The van der Waals surface area contributed by atoms with Gasteiger partial charge in [0.15, 0.2) is 0 Å². The molecule has 3 rings (SSSR count). The highest BCUT2D eigenvalue weighted by Gasteiger charge is 2.29. The highest BCUT2D eigenvalue weighted by Crippen LogP contribution is 2.32. The van der Waals surface area contributed by atoms with E-state index in [0.29, 0.717) is 5.69 Å². The monoisotopic (exact) mass is 297 g/mol. The number of amides is 1. The highest BCUT2D eigenvalue weighted by molar-refractivity contribution is 7.89. The minimum Gasteiger partial charge on any atom is -0.348 e. The predicted molar refractivity (Wildman–Crippen MR) is 73.8 cm³/mol. The van der Waals surface area contributed by atoms with E-state index in [0.717, 1.165) is 38.5 Å². The Morgan fingerprint density at radius 2 is 1.90 bits per heavy atom. The molecule has 0 aliphatic heterocycles. The van der Waals surface area contributed by atoms with Gasteiger partial charge in [0.2, 0.25) is 10.0 Å². The standard InChI is InChI=1S/C13H19N3O3S/c14-20(18,19)11-7-12(13(17)15-9-5-6-9)16(8-11)10-3-1-2-4-10/h7-10H,1-6H2,(H,15,17)(H2,14,18,19). The Kier molecular flexibility index (Phi) is 3.33. The van der Waals surface area contributed by atoms with E-state index in [1.165, 1.54) is 12.3 Å². The molecule has 1 amide bonds. The molecule has 0 unspecified atom stereocenters. The number of aromatic nitrogens is 1. The van der Waals surface area contributed by atoms with Crippen molar-refractivity contribution in [2.45, 2.75) is 55.5 Å². The number of nitrogens with two attached hydrogens (primary N) is 1. The lowest BCUT2D eigenvalue weighted by atomic mass is 10.2. The van der Waals surface area contributed by atoms with E-state index in [1.807, 2.05) is 0 Å². The maximum Gasteiger partial charge on any atom is 0.268 e. The predicted octanol–water partition coefficient (Wildman–Crippen LogP) is 1.14. The van der Waals surface area contributed by atoms with Crippen molar-refractivity contribution < 1.29 is 13.2 Å². The summed E-state index contributed by atoms with van der Waals surface area (Å²) >= 11 is 0. The van der Waals surface area contributed by atoms with Crippen molar-refractivity contribution in [3.8, 4) is 0 Å². The van der Waals surface area contributed by atoms with E-state index in [2.05, 4.69) is 5.32 Å². The van der Waals surface area contributed by atoms with Gasteiger partial charge in [0.1, 0.15) is 10.6 Å². The van der Waals surface area contributed by atoms with E-state index >= 15 is 0 Å². The first-order chi connectivity index (χ1) is 9.45. The normalized spacial score (nSPS) is 20.2. The third-order valence-electron chi connectivity index (χ3n) is 4.02. The lowest BCUT2D eigenvalue weighted by molar-refractivity contribution is 0.0939. The van der Waals surface area contributed by atoms with Gasteiger partial charge in [-0.15, -0.1) is 0 Å². The SMILES string of the molecule is NS(=O)(=O)c1cc(C(=O)NC2CC2)n(C2CCCC2)c1. The molecular weight excluding hydrogens is 278 g/mol. The first kappa shape index (κ1) is 13.6. The Balaban J connectivity index is 1.95. The minimum atomic E-state index is -3.78. The number of hydrogen-bond acceptors (Lipinski definition) is 3. The summed E-state index contributed by atoms with van der Waals surface area (Å²) in [6, 6.07) is 1.84. The molecule has 1 aromatic rings. The molecule has 2 saturated carbocycles. The minimum absolute atomic E-state index is 0.0188. The van der Waals surface area contributed by atoms with Gasteiger partial charge in [0, 0.05) is 18.3 Å². The van der Waals surface area contributed by atoms with Crippen molar-refractivity contribution >= 4 is 15.9 Å². The smallest absolute Gasteiger partial charge is 0.268 e. The summed E-state index contributed by atoms with van der Waals surface area (Å²) < 4.78 is 24.8. The average Bonchev–Trinajstić information content (AvgIpc) is 2.91. The number of carbonyl (C=O) groups excluding carboxylic acids is 1. The van der Waals surface area contributed by atoms with E-state index in [4.69, 9.17) is 5.14 Å². The first-order valence-corrected chi connectivity index (χ1v) is 8.55. The summed E-state index contributed by atoms with van der Waals surface area (Å²) in [6.45, 7) is 0. The van der Waals surface area contributed by atoms with Crippen LogP contribution in [-0.2, 0) is 10.0 Å². The quantitative estimate of drug-likeness (QED) is 0.872. The molecule has 3 N–H and O–H groups in total. The van der Waals surface area contributed by atoms with Crippen molar-refractivity contribution in [2.75, 3.05) is 0 Å². The van der Waals surface area contributed by atoms with Crippen LogP contribution in [0.5, 0.6) is 0 Å². The summed E-state index contributed by atoms with van der Waals surface area (Å²) in [6.07, 6.45) is 7.67. The fourth-order valence-corrected chi connectivity index (χ4v) is 3.30. The molecule has 2 fully saturated rings. The molecule has 0 aromatic carbocycles.